The molecule has 6 nitrogen and oxygen atoms in total. The summed E-state index contributed by atoms with van der Waals surface area (Å²) in [6, 6.07) is 14.3. The highest BCUT2D eigenvalue weighted by Gasteiger charge is 2.29. The molecule has 1 heterocycles. The monoisotopic (exact) mass is 354 g/mol. The Balaban J connectivity index is 1.59. The molecule has 1 aliphatic heterocycles. The number of carbonyl (C=O) groups excluding carboxylic acids is 1. The van der Waals surface area contributed by atoms with Crippen molar-refractivity contribution < 1.29 is 14.5 Å². The zero-order chi connectivity index (χ0) is 18.5. The van der Waals surface area contributed by atoms with Gasteiger partial charge in [-0.05, 0) is 43.0 Å². The molecule has 2 aromatic carbocycles. The van der Waals surface area contributed by atoms with Crippen LogP contribution in [-0.2, 0) is 11.2 Å². The Morgan fingerprint density at radius 1 is 1.15 bits per heavy atom. The number of ether oxygens (including phenoxy) is 1. The third kappa shape index (κ3) is 4.02. The van der Waals surface area contributed by atoms with E-state index in [1.54, 1.807) is 18.2 Å². The molecule has 3 rings (SSSR count). The maximum atomic E-state index is 12.4. The van der Waals surface area contributed by atoms with E-state index in [1.807, 2.05) is 29.2 Å². The Hall–Kier alpha value is -2.89. The molecule has 0 atom stereocenters. The molecule has 0 N–H and O–H groups in total. The van der Waals surface area contributed by atoms with E-state index in [0.717, 1.165) is 6.42 Å². The lowest BCUT2D eigenvalue weighted by Crippen LogP contribution is -2.37. The van der Waals surface area contributed by atoms with Crippen molar-refractivity contribution in [3.8, 4) is 5.75 Å². The molecule has 26 heavy (non-hydrogen) atoms. The first-order valence-electron chi connectivity index (χ1n) is 8.87. The minimum absolute atomic E-state index is 0.101. The summed E-state index contributed by atoms with van der Waals surface area (Å²) in [6.45, 7) is 3.27. The third-order valence-electron chi connectivity index (χ3n) is 4.80. The lowest BCUT2D eigenvalue weighted by molar-refractivity contribution is -0.384. The molecule has 0 aliphatic carbocycles. The van der Waals surface area contributed by atoms with Gasteiger partial charge < -0.3 is 9.64 Å². The summed E-state index contributed by atoms with van der Waals surface area (Å²) in [5.41, 5.74) is 1.91. The van der Waals surface area contributed by atoms with Crippen LogP contribution in [-0.4, -0.2) is 24.0 Å². The highest BCUT2D eigenvalue weighted by Crippen LogP contribution is 2.31. The van der Waals surface area contributed by atoms with Crippen LogP contribution in [0.25, 0.3) is 0 Å². The Morgan fingerprint density at radius 3 is 2.42 bits per heavy atom. The number of nitrogens with zero attached hydrogens (tertiary/aromatic N) is 2. The van der Waals surface area contributed by atoms with Crippen molar-refractivity contribution >= 4 is 17.3 Å². The van der Waals surface area contributed by atoms with Gasteiger partial charge in [0.15, 0.2) is 0 Å². The van der Waals surface area contributed by atoms with Crippen LogP contribution in [0.4, 0.5) is 11.4 Å². The van der Waals surface area contributed by atoms with Crippen molar-refractivity contribution in [3.05, 3.63) is 64.2 Å². The zero-order valence-electron chi connectivity index (χ0n) is 14.8. The fourth-order valence-electron chi connectivity index (χ4n) is 3.23. The van der Waals surface area contributed by atoms with Crippen molar-refractivity contribution in [1.82, 2.24) is 0 Å². The van der Waals surface area contributed by atoms with Gasteiger partial charge in [-0.3, -0.25) is 14.9 Å². The standard InChI is InChI=1S/C20H22N2O4/c1-2-15-7-9-17(10-8-15)26-20(23)16-11-13-21(14-12-16)18-5-3-4-6-19(18)22(24)25/h3-10,16H,2,11-14H2,1H3. The molecule has 0 aromatic heterocycles. The fraction of sp³-hybridized carbons (Fsp3) is 0.350. The second-order valence-electron chi connectivity index (χ2n) is 6.43. The van der Waals surface area contributed by atoms with Crippen LogP contribution in [0.15, 0.2) is 48.5 Å². The number of nitro benzene ring substituents is 1. The quantitative estimate of drug-likeness (QED) is 0.351. The van der Waals surface area contributed by atoms with Gasteiger partial charge >= 0.3 is 5.97 Å². The van der Waals surface area contributed by atoms with E-state index >= 15 is 0 Å². The Morgan fingerprint density at radius 2 is 1.81 bits per heavy atom. The van der Waals surface area contributed by atoms with Crippen LogP contribution in [0.1, 0.15) is 25.3 Å². The first-order valence-corrected chi connectivity index (χ1v) is 8.87. The summed E-state index contributed by atoms with van der Waals surface area (Å²) in [6.07, 6.45) is 2.19. The number of rotatable bonds is 5. The average molecular weight is 354 g/mol. The molecule has 0 bridgehead atoms. The smallest absolute Gasteiger partial charge is 0.314 e. The second-order valence-corrected chi connectivity index (χ2v) is 6.43. The van der Waals surface area contributed by atoms with E-state index in [9.17, 15) is 14.9 Å². The second kappa shape index (κ2) is 7.99. The number of esters is 1. The highest BCUT2D eigenvalue weighted by atomic mass is 16.6. The molecule has 0 unspecified atom stereocenters. The van der Waals surface area contributed by atoms with Gasteiger partial charge in [0.2, 0.25) is 0 Å². The van der Waals surface area contributed by atoms with E-state index in [2.05, 4.69) is 6.92 Å². The van der Waals surface area contributed by atoms with Gasteiger partial charge in [0, 0.05) is 19.2 Å². The molecule has 0 radical (unpaired) electrons. The maximum absolute atomic E-state index is 12.4. The number of nitro groups is 1. The topological polar surface area (TPSA) is 72.7 Å². The zero-order valence-corrected chi connectivity index (χ0v) is 14.8. The number of carbonyl (C=O) groups is 1. The van der Waals surface area contributed by atoms with Crippen molar-refractivity contribution in [3.63, 3.8) is 0 Å². The number of anilines is 1. The van der Waals surface area contributed by atoms with Gasteiger partial charge in [0.25, 0.3) is 5.69 Å². The molecule has 0 spiro atoms. The predicted octanol–water partition coefficient (Wildman–Crippen LogP) is 3.98. The molecule has 136 valence electrons. The van der Waals surface area contributed by atoms with Gasteiger partial charge in [-0.1, -0.05) is 31.2 Å². The van der Waals surface area contributed by atoms with E-state index in [1.165, 1.54) is 11.6 Å². The van der Waals surface area contributed by atoms with Gasteiger partial charge in [-0.25, -0.2) is 0 Å². The van der Waals surface area contributed by atoms with Crippen LogP contribution >= 0.6 is 0 Å². The summed E-state index contributed by atoms with van der Waals surface area (Å²) < 4.78 is 5.49. The normalized spacial score (nSPS) is 14.9. The molecule has 2 aromatic rings. The molecular weight excluding hydrogens is 332 g/mol. The summed E-state index contributed by atoms with van der Waals surface area (Å²) in [4.78, 5) is 25.2. The Bertz CT molecular complexity index is 781. The number of benzene rings is 2. The molecule has 1 fully saturated rings. The molecule has 1 aliphatic rings. The van der Waals surface area contributed by atoms with Crippen LogP contribution in [0.5, 0.6) is 5.75 Å². The highest BCUT2D eigenvalue weighted by molar-refractivity contribution is 5.75. The molecule has 1 saturated heterocycles. The Labute approximate surface area is 152 Å². The lowest BCUT2D eigenvalue weighted by atomic mass is 9.96. The average Bonchev–Trinajstić information content (AvgIpc) is 2.68. The van der Waals surface area contributed by atoms with Crippen molar-refractivity contribution in [2.45, 2.75) is 26.2 Å². The number of aryl methyl sites for hydroxylation is 1. The third-order valence-corrected chi connectivity index (χ3v) is 4.80. The minimum atomic E-state index is -0.365. The fourth-order valence-corrected chi connectivity index (χ4v) is 3.23. The molecular formula is C20H22N2O4. The van der Waals surface area contributed by atoms with Gasteiger partial charge in [-0.2, -0.15) is 0 Å². The number of hydrogen-bond acceptors (Lipinski definition) is 5. The van der Waals surface area contributed by atoms with Crippen LogP contribution in [0.2, 0.25) is 0 Å². The number of hydrogen-bond donors (Lipinski definition) is 0. The molecule has 0 saturated carbocycles. The van der Waals surface area contributed by atoms with E-state index in [0.29, 0.717) is 37.4 Å². The number of para-hydroxylation sites is 2. The van der Waals surface area contributed by atoms with E-state index < -0.39 is 0 Å². The van der Waals surface area contributed by atoms with E-state index in [-0.39, 0.29) is 22.5 Å². The summed E-state index contributed by atoms with van der Waals surface area (Å²) in [5, 5.41) is 11.2. The van der Waals surface area contributed by atoms with Gasteiger partial charge in [0.1, 0.15) is 11.4 Å². The van der Waals surface area contributed by atoms with E-state index in [4.69, 9.17) is 4.74 Å². The SMILES string of the molecule is CCc1ccc(OC(=O)C2CCN(c3ccccc3[N+](=O)[O-])CC2)cc1. The van der Waals surface area contributed by atoms with Crippen molar-refractivity contribution in [1.29, 1.82) is 0 Å². The molecule has 0 amide bonds. The summed E-state index contributed by atoms with van der Waals surface area (Å²) in [5.74, 6) is 0.157. The van der Waals surface area contributed by atoms with Crippen molar-refractivity contribution in [2.75, 3.05) is 18.0 Å². The van der Waals surface area contributed by atoms with Gasteiger partial charge in [0.05, 0.1) is 10.8 Å². The van der Waals surface area contributed by atoms with Gasteiger partial charge in [-0.15, -0.1) is 0 Å². The minimum Gasteiger partial charge on any atom is -0.426 e. The number of piperidine rings is 1. The molecule has 6 heteroatoms. The van der Waals surface area contributed by atoms with Crippen molar-refractivity contribution in [2.24, 2.45) is 5.92 Å². The summed E-state index contributed by atoms with van der Waals surface area (Å²) in [7, 11) is 0. The van der Waals surface area contributed by atoms with Crippen LogP contribution in [0.3, 0.4) is 0 Å². The first-order chi connectivity index (χ1) is 12.6. The first kappa shape index (κ1) is 17.9. The predicted molar refractivity (Wildman–Crippen MR) is 99.5 cm³/mol. The maximum Gasteiger partial charge on any atom is 0.314 e. The Kier molecular flexibility index (Phi) is 5.51. The largest absolute Gasteiger partial charge is 0.426 e. The van der Waals surface area contributed by atoms with Crippen LogP contribution < -0.4 is 9.64 Å². The van der Waals surface area contributed by atoms with Crippen LogP contribution in [0, 0.1) is 16.0 Å². The lowest BCUT2D eigenvalue weighted by Gasteiger charge is -2.32. The summed E-state index contributed by atoms with van der Waals surface area (Å²) >= 11 is 0.